The molecule has 0 radical (unpaired) electrons. The minimum atomic E-state index is -0.709. The quantitative estimate of drug-likeness (QED) is 0.509. The van der Waals surface area contributed by atoms with Crippen LogP contribution in [-0.2, 0) is 36.1 Å². The summed E-state index contributed by atoms with van der Waals surface area (Å²) in [4.78, 5) is 0. The molecule has 3 heteroatoms. The van der Waals surface area contributed by atoms with E-state index in [0.29, 0.717) is 11.8 Å². The van der Waals surface area contributed by atoms with Crippen molar-refractivity contribution in [3.8, 4) is 0 Å². The summed E-state index contributed by atoms with van der Waals surface area (Å²) in [6.07, 6.45) is 7.53. The zero-order valence-corrected chi connectivity index (χ0v) is 20.3. The smallest absolute Gasteiger partial charge is 1.00 e. The predicted octanol–water partition coefficient (Wildman–Crippen LogP) is 0.109. The van der Waals surface area contributed by atoms with Crippen LogP contribution in [0.3, 0.4) is 0 Å². The average Bonchev–Trinajstić information content (AvgIpc) is 3.07. The van der Waals surface area contributed by atoms with Crippen LogP contribution in [0.15, 0.2) is 30.8 Å². The second-order valence-electron chi connectivity index (χ2n) is 8.01. The number of allylic oxidation sites excluding steroid dienone is 2. The van der Waals surface area contributed by atoms with Crippen LogP contribution in [0, 0.1) is 13.8 Å². The number of halogens is 2. The van der Waals surface area contributed by atoms with Gasteiger partial charge in [0, 0.05) is 0 Å². The summed E-state index contributed by atoms with van der Waals surface area (Å²) in [5.74, 6) is 1.27. The Kier molecular flexibility index (Phi) is 5.99. The van der Waals surface area contributed by atoms with Gasteiger partial charge in [-0.15, -0.1) is 0 Å². The van der Waals surface area contributed by atoms with E-state index in [1.165, 1.54) is 11.1 Å². The zero-order chi connectivity index (χ0) is 17.3. The zero-order valence-electron chi connectivity index (χ0n) is 16.3. The Morgan fingerprint density at radius 1 is 0.704 bits per heavy atom. The molecule has 0 spiro atoms. The Balaban J connectivity index is 0.00000105. The molecule has 2 aliphatic carbocycles. The van der Waals surface area contributed by atoms with E-state index in [0.717, 1.165) is 12.8 Å². The number of aryl methyl sites for hydroxylation is 4. The van der Waals surface area contributed by atoms with Gasteiger partial charge in [-0.3, -0.25) is 0 Å². The number of hydrogen-bond acceptors (Lipinski definition) is 0. The van der Waals surface area contributed by atoms with Crippen LogP contribution in [0.4, 0.5) is 0 Å². The first-order valence-electron chi connectivity index (χ1n) is 9.49. The standard InChI is InChI=1S/C24H24.2ClH.Zr/c1-15-5-9-19(21-13-7-17(3)23(15)21)11-12-20-10-6-16(2)24-18(4)8-14-22(20)24;;;/h5-6,9-10,13-14,17-18H,11-12H2,1-4H3;2*1H;/q;;;+2/p-2/t17-,18+;;;. The molecule has 1 aliphatic heterocycles. The number of rotatable bonds is 0. The molecule has 4 bridgehead atoms. The minimum absolute atomic E-state index is 0. The molecule has 5 rings (SSSR count). The van der Waals surface area contributed by atoms with Crippen molar-refractivity contribution in [3.63, 3.8) is 0 Å². The molecule has 0 saturated heterocycles. The second kappa shape index (κ2) is 7.66. The van der Waals surface area contributed by atoms with Crippen LogP contribution in [0.25, 0.3) is 12.2 Å². The van der Waals surface area contributed by atoms with Crippen molar-refractivity contribution < 1.29 is 48.0 Å². The molecule has 1 heterocycles. The average molecular weight is 475 g/mol. The van der Waals surface area contributed by atoms with Crippen molar-refractivity contribution in [2.24, 2.45) is 0 Å². The first kappa shape index (κ1) is 21.1. The first-order chi connectivity index (χ1) is 12.0. The maximum absolute atomic E-state index is 2.60. The Morgan fingerprint density at radius 3 is 1.52 bits per heavy atom. The number of benzene rings is 2. The van der Waals surface area contributed by atoms with Crippen molar-refractivity contribution in [1.82, 2.24) is 0 Å². The van der Waals surface area contributed by atoms with E-state index in [9.17, 15) is 0 Å². The van der Waals surface area contributed by atoms with E-state index < -0.39 is 23.2 Å². The Morgan fingerprint density at radius 2 is 1.11 bits per heavy atom. The van der Waals surface area contributed by atoms with E-state index in [4.69, 9.17) is 0 Å². The fourth-order valence-corrected chi connectivity index (χ4v) is 8.76. The summed E-state index contributed by atoms with van der Waals surface area (Å²) in [6.45, 7) is 9.50. The largest absolute Gasteiger partial charge is 1.00 e. The topological polar surface area (TPSA) is 0 Å². The monoisotopic (exact) mass is 472 g/mol. The molecule has 0 unspecified atom stereocenters. The van der Waals surface area contributed by atoms with E-state index in [-0.39, 0.29) is 24.8 Å². The van der Waals surface area contributed by atoms with Gasteiger partial charge in [0.25, 0.3) is 0 Å². The third-order valence-corrected chi connectivity index (χ3v) is 10.8. The van der Waals surface area contributed by atoms with Crippen LogP contribution < -0.4 is 24.8 Å². The van der Waals surface area contributed by atoms with Crippen molar-refractivity contribution in [2.45, 2.75) is 52.4 Å². The van der Waals surface area contributed by atoms with Gasteiger partial charge in [0.15, 0.2) is 0 Å². The molecule has 0 N–H and O–H groups in total. The molecule has 0 amide bonds. The van der Waals surface area contributed by atoms with Gasteiger partial charge >= 0.3 is 163 Å². The molecule has 0 fully saturated rings. The fourth-order valence-electron chi connectivity index (χ4n) is 5.10. The second-order valence-corrected chi connectivity index (χ2v) is 11.5. The van der Waals surface area contributed by atoms with Gasteiger partial charge in [0.1, 0.15) is 0 Å². The van der Waals surface area contributed by atoms with Gasteiger partial charge in [0.2, 0.25) is 0 Å². The predicted molar refractivity (Wildman–Crippen MR) is 103 cm³/mol. The Labute approximate surface area is 186 Å². The molecule has 138 valence electrons. The van der Waals surface area contributed by atoms with E-state index in [1.54, 1.807) is 39.9 Å². The molecular formula is C24H24Cl2Zr. The summed E-state index contributed by atoms with van der Waals surface area (Å²) >= 11 is -0.709. The summed E-state index contributed by atoms with van der Waals surface area (Å²) in [5, 5.41) is 0. The molecule has 3 aliphatic rings. The maximum Gasteiger partial charge on any atom is -1.00 e. The fraction of sp³-hybridized carbons (Fsp3) is 0.333. The third kappa shape index (κ3) is 3.15. The molecule has 27 heavy (non-hydrogen) atoms. The van der Waals surface area contributed by atoms with Gasteiger partial charge in [-0.2, -0.15) is 0 Å². The van der Waals surface area contributed by atoms with Crippen LogP contribution in [0.1, 0.15) is 70.2 Å². The minimum Gasteiger partial charge on any atom is -1.00 e. The normalized spacial score (nSPS) is 20.9. The van der Waals surface area contributed by atoms with Gasteiger partial charge in [-0.05, 0) is 0 Å². The molecule has 2 aromatic carbocycles. The summed E-state index contributed by atoms with van der Waals surface area (Å²) in [7, 11) is 0. The molecule has 0 saturated carbocycles. The van der Waals surface area contributed by atoms with E-state index in [1.807, 2.05) is 0 Å². The van der Waals surface area contributed by atoms with Crippen LogP contribution in [0.5, 0.6) is 0 Å². The Hall–Kier alpha value is -0.617. The number of hydrogen-bond donors (Lipinski definition) is 0. The molecule has 2 aromatic rings. The summed E-state index contributed by atoms with van der Waals surface area (Å²) < 4.78 is 3.56. The van der Waals surface area contributed by atoms with Gasteiger partial charge in [-0.25, -0.2) is 0 Å². The molecule has 0 aromatic heterocycles. The van der Waals surface area contributed by atoms with Crippen molar-refractivity contribution in [3.05, 3.63) is 75.3 Å². The van der Waals surface area contributed by atoms with Crippen LogP contribution in [0.2, 0.25) is 0 Å². The molecule has 2 atom stereocenters. The van der Waals surface area contributed by atoms with Crippen molar-refractivity contribution >= 4 is 12.2 Å². The van der Waals surface area contributed by atoms with E-state index in [2.05, 4.69) is 64.1 Å². The molecular weight excluding hydrogens is 450 g/mol. The molecule has 0 nitrogen and oxygen atoms in total. The van der Waals surface area contributed by atoms with Crippen LogP contribution in [-0.4, -0.2) is 0 Å². The van der Waals surface area contributed by atoms with Crippen molar-refractivity contribution in [1.29, 1.82) is 0 Å². The SMILES string of the molecule is Cc1ccc2c3c1[C@H](C)[C](=C3)[Zr+2][C]1=Cc3c(ccc(C)c3[C@H]1C)CC2.[Cl-].[Cl-]. The van der Waals surface area contributed by atoms with Gasteiger partial charge in [-0.1, -0.05) is 0 Å². The van der Waals surface area contributed by atoms with Gasteiger partial charge in [0.05, 0.1) is 0 Å². The van der Waals surface area contributed by atoms with Crippen molar-refractivity contribution in [2.75, 3.05) is 0 Å². The maximum atomic E-state index is 2.60. The van der Waals surface area contributed by atoms with Gasteiger partial charge < -0.3 is 24.8 Å². The van der Waals surface area contributed by atoms with Crippen LogP contribution >= 0.6 is 0 Å². The summed E-state index contributed by atoms with van der Waals surface area (Å²) in [5.41, 5.74) is 12.5. The third-order valence-electron chi connectivity index (χ3n) is 6.54. The Bertz CT molecular complexity index is 905. The summed E-state index contributed by atoms with van der Waals surface area (Å²) in [6, 6.07) is 9.50. The van der Waals surface area contributed by atoms with E-state index >= 15 is 0 Å². The first-order valence-corrected chi connectivity index (χ1v) is 12.0.